The summed E-state index contributed by atoms with van der Waals surface area (Å²) in [6.45, 7) is 4.21. The van der Waals surface area contributed by atoms with Gasteiger partial charge in [-0.25, -0.2) is 4.39 Å². The van der Waals surface area contributed by atoms with Gasteiger partial charge >= 0.3 is 0 Å². The molecule has 1 aliphatic carbocycles. The molecule has 0 nitrogen and oxygen atoms in total. The maximum Gasteiger partial charge on any atom is 0.126 e. The molecular formula is C12H15F. The van der Waals surface area contributed by atoms with Crippen molar-refractivity contribution < 1.29 is 4.39 Å². The normalized spacial score (nSPS) is 26.1. The van der Waals surface area contributed by atoms with E-state index in [2.05, 4.69) is 26.0 Å². The molecule has 1 aliphatic rings. The summed E-state index contributed by atoms with van der Waals surface area (Å²) in [7, 11) is 0. The van der Waals surface area contributed by atoms with Crippen LogP contribution >= 0.6 is 0 Å². The van der Waals surface area contributed by atoms with Gasteiger partial charge in [-0.1, -0.05) is 32.0 Å². The third kappa shape index (κ3) is 1.37. The second-order valence-corrected chi connectivity index (χ2v) is 3.92. The first kappa shape index (κ1) is 8.74. The average Bonchev–Trinajstić information content (AvgIpc) is 2.42. The molecule has 70 valence electrons. The van der Waals surface area contributed by atoms with E-state index in [0.29, 0.717) is 12.3 Å². The van der Waals surface area contributed by atoms with Crippen LogP contribution in [0.2, 0.25) is 0 Å². The molecule has 0 saturated carbocycles. The molecule has 0 amide bonds. The van der Waals surface area contributed by atoms with E-state index in [0.717, 1.165) is 12.0 Å². The highest BCUT2D eigenvalue weighted by Crippen LogP contribution is 2.42. The molecule has 0 spiro atoms. The van der Waals surface area contributed by atoms with Gasteiger partial charge in [-0.2, -0.15) is 0 Å². The first-order chi connectivity index (χ1) is 6.22. The van der Waals surface area contributed by atoms with Crippen LogP contribution in [0.25, 0.3) is 0 Å². The molecular weight excluding hydrogens is 163 g/mol. The van der Waals surface area contributed by atoms with Crippen LogP contribution in [0.3, 0.4) is 0 Å². The number of fused-ring (bicyclic) bond motifs is 1. The number of rotatable bonds is 1. The lowest BCUT2D eigenvalue weighted by atomic mass is 10.0. The molecule has 0 saturated heterocycles. The van der Waals surface area contributed by atoms with Crippen molar-refractivity contribution in [2.45, 2.75) is 38.8 Å². The van der Waals surface area contributed by atoms with Crippen LogP contribution in [0.5, 0.6) is 0 Å². The number of hydrogen-bond acceptors (Lipinski definition) is 0. The van der Waals surface area contributed by atoms with Gasteiger partial charge in [0, 0.05) is 0 Å². The van der Waals surface area contributed by atoms with Crippen LogP contribution in [-0.2, 0) is 6.42 Å². The van der Waals surface area contributed by atoms with E-state index in [1.807, 2.05) is 6.07 Å². The van der Waals surface area contributed by atoms with Crippen molar-refractivity contribution in [1.82, 2.24) is 0 Å². The van der Waals surface area contributed by atoms with E-state index in [9.17, 15) is 4.39 Å². The van der Waals surface area contributed by atoms with Crippen LogP contribution < -0.4 is 0 Å². The zero-order valence-electron chi connectivity index (χ0n) is 8.18. The molecule has 0 heterocycles. The SMILES string of the molecule is CCc1ccc2c(c1)C(F)CC2C. The summed E-state index contributed by atoms with van der Waals surface area (Å²) < 4.78 is 13.5. The predicted molar refractivity (Wildman–Crippen MR) is 52.7 cm³/mol. The smallest absolute Gasteiger partial charge is 0.126 e. The Morgan fingerprint density at radius 1 is 1.38 bits per heavy atom. The standard InChI is InChI=1S/C12H15F/c1-3-9-4-5-10-8(2)6-12(13)11(10)7-9/h4-5,7-8,12H,3,6H2,1-2H3. The predicted octanol–water partition coefficient (Wildman–Crippen LogP) is 3.77. The fourth-order valence-electron chi connectivity index (χ4n) is 2.13. The Kier molecular flexibility index (Phi) is 2.10. The van der Waals surface area contributed by atoms with Crippen LogP contribution in [0, 0.1) is 0 Å². The summed E-state index contributed by atoms with van der Waals surface area (Å²) in [5, 5.41) is 0. The molecule has 2 unspecified atom stereocenters. The Bertz CT molecular complexity index is 317. The summed E-state index contributed by atoms with van der Waals surface area (Å²) in [5.41, 5.74) is 3.40. The van der Waals surface area contributed by atoms with Crippen molar-refractivity contribution in [1.29, 1.82) is 0 Å². The lowest BCUT2D eigenvalue weighted by Crippen LogP contribution is -1.89. The van der Waals surface area contributed by atoms with Gasteiger partial charge in [0.05, 0.1) is 0 Å². The highest BCUT2D eigenvalue weighted by molar-refractivity contribution is 5.39. The van der Waals surface area contributed by atoms with Gasteiger partial charge in [0.25, 0.3) is 0 Å². The van der Waals surface area contributed by atoms with Gasteiger partial charge < -0.3 is 0 Å². The van der Waals surface area contributed by atoms with E-state index < -0.39 is 6.17 Å². The molecule has 1 aromatic rings. The highest BCUT2D eigenvalue weighted by Gasteiger charge is 2.27. The monoisotopic (exact) mass is 178 g/mol. The van der Waals surface area contributed by atoms with E-state index >= 15 is 0 Å². The zero-order valence-corrected chi connectivity index (χ0v) is 8.18. The van der Waals surface area contributed by atoms with Crippen molar-refractivity contribution in [3.63, 3.8) is 0 Å². The lowest BCUT2D eigenvalue weighted by Gasteiger charge is -2.05. The van der Waals surface area contributed by atoms with Gasteiger partial charge in [0.15, 0.2) is 0 Å². The lowest BCUT2D eigenvalue weighted by molar-refractivity contribution is 0.332. The van der Waals surface area contributed by atoms with Crippen LogP contribution in [0.4, 0.5) is 4.39 Å². The second-order valence-electron chi connectivity index (χ2n) is 3.92. The minimum absolute atomic E-state index is 0.399. The van der Waals surface area contributed by atoms with Crippen molar-refractivity contribution in [2.75, 3.05) is 0 Å². The summed E-state index contributed by atoms with van der Waals surface area (Å²) in [5.74, 6) is 0.399. The minimum atomic E-state index is -0.725. The van der Waals surface area contributed by atoms with E-state index in [1.165, 1.54) is 11.1 Å². The van der Waals surface area contributed by atoms with Crippen LogP contribution in [-0.4, -0.2) is 0 Å². The third-order valence-corrected chi connectivity index (χ3v) is 2.99. The quantitative estimate of drug-likeness (QED) is 0.614. The summed E-state index contributed by atoms with van der Waals surface area (Å²) in [6, 6.07) is 6.25. The maximum absolute atomic E-state index is 13.5. The van der Waals surface area contributed by atoms with Gasteiger partial charge in [-0.3, -0.25) is 0 Å². The van der Waals surface area contributed by atoms with E-state index in [1.54, 1.807) is 0 Å². The summed E-state index contributed by atoms with van der Waals surface area (Å²) in [4.78, 5) is 0. The number of benzene rings is 1. The molecule has 2 atom stereocenters. The van der Waals surface area contributed by atoms with Crippen molar-refractivity contribution >= 4 is 0 Å². The highest BCUT2D eigenvalue weighted by atomic mass is 19.1. The fourth-order valence-corrected chi connectivity index (χ4v) is 2.13. The van der Waals surface area contributed by atoms with Crippen molar-refractivity contribution in [2.24, 2.45) is 0 Å². The molecule has 0 fully saturated rings. The molecule has 0 radical (unpaired) electrons. The summed E-state index contributed by atoms with van der Waals surface area (Å²) in [6.07, 6.45) is 0.938. The number of aryl methyl sites for hydroxylation is 1. The molecule has 0 aliphatic heterocycles. The molecule has 0 N–H and O–H groups in total. The molecule has 13 heavy (non-hydrogen) atoms. The van der Waals surface area contributed by atoms with Gasteiger partial charge in [0.1, 0.15) is 6.17 Å². The van der Waals surface area contributed by atoms with Crippen molar-refractivity contribution in [3.8, 4) is 0 Å². The Labute approximate surface area is 78.8 Å². The maximum atomic E-state index is 13.5. The Balaban J connectivity index is 2.46. The zero-order chi connectivity index (χ0) is 9.42. The topological polar surface area (TPSA) is 0 Å². The Morgan fingerprint density at radius 3 is 2.85 bits per heavy atom. The van der Waals surface area contributed by atoms with Gasteiger partial charge in [-0.15, -0.1) is 0 Å². The van der Waals surface area contributed by atoms with E-state index in [-0.39, 0.29) is 0 Å². The molecule has 2 rings (SSSR count). The molecule has 1 heteroatoms. The largest absolute Gasteiger partial charge is 0.242 e. The number of hydrogen-bond donors (Lipinski definition) is 0. The fraction of sp³-hybridized carbons (Fsp3) is 0.500. The van der Waals surface area contributed by atoms with E-state index in [4.69, 9.17) is 0 Å². The second kappa shape index (κ2) is 3.13. The third-order valence-electron chi connectivity index (χ3n) is 2.99. The molecule has 1 aromatic carbocycles. The minimum Gasteiger partial charge on any atom is -0.242 e. The van der Waals surface area contributed by atoms with Crippen LogP contribution in [0.1, 0.15) is 49.0 Å². The first-order valence-corrected chi connectivity index (χ1v) is 4.99. The average molecular weight is 178 g/mol. The molecule has 0 bridgehead atoms. The number of alkyl halides is 1. The van der Waals surface area contributed by atoms with Gasteiger partial charge in [0.2, 0.25) is 0 Å². The first-order valence-electron chi connectivity index (χ1n) is 4.99. The van der Waals surface area contributed by atoms with Crippen molar-refractivity contribution in [3.05, 3.63) is 34.9 Å². The van der Waals surface area contributed by atoms with Gasteiger partial charge in [-0.05, 0) is 35.4 Å². The van der Waals surface area contributed by atoms with Crippen LogP contribution in [0.15, 0.2) is 18.2 Å². The number of halogens is 1. The Morgan fingerprint density at radius 2 is 2.15 bits per heavy atom. The Hall–Kier alpha value is -0.850. The molecule has 0 aromatic heterocycles. The summed E-state index contributed by atoms with van der Waals surface area (Å²) >= 11 is 0.